The number of aromatic nitrogens is 10. The molecule has 0 fully saturated rings. The molecule has 15 nitrogen and oxygen atoms in total. The van der Waals surface area contributed by atoms with Crippen LogP contribution in [0.4, 0.5) is 4.39 Å². The Morgan fingerprint density at radius 2 is 0.590 bits per heavy atom. The Morgan fingerprint density at radius 3 is 0.900 bits per heavy atom. The molecule has 0 aliphatic heterocycles. The number of pyridine rings is 5. The molecule has 0 atom stereocenters. The van der Waals surface area contributed by atoms with E-state index < -0.39 is 5.89 Å². The van der Waals surface area contributed by atoms with Gasteiger partial charge in [0.15, 0.2) is 54.5 Å². The van der Waals surface area contributed by atoms with Crippen LogP contribution < -0.4 is 22.8 Å². The van der Waals surface area contributed by atoms with Crippen molar-refractivity contribution >= 4 is 55.5 Å². The predicted octanol–water partition coefficient (Wildman–Crippen LogP) is 17.8. The van der Waals surface area contributed by atoms with Gasteiger partial charge in [0, 0.05) is 62.9 Å². The lowest BCUT2D eigenvalue weighted by Crippen LogP contribution is -2.30. The molecule has 0 aliphatic rings. The normalized spacial score (nSPS) is 11.5. The van der Waals surface area contributed by atoms with E-state index in [0.29, 0.717) is 23.6 Å². The van der Waals surface area contributed by atoms with Crippen LogP contribution in [0.15, 0.2) is 229 Å². The van der Waals surface area contributed by atoms with Gasteiger partial charge < -0.3 is 22.1 Å². The van der Waals surface area contributed by atoms with E-state index in [9.17, 15) is 4.39 Å². The second kappa shape index (κ2) is 29.2. The van der Waals surface area contributed by atoms with Crippen LogP contribution >= 0.6 is 0 Å². The summed E-state index contributed by atoms with van der Waals surface area (Å²) < 4.78 is 61.1. The number of aryl methyl sites for hydroxylation is 12. The van der Waals surface area contributed by atoms with Crippen molar-refractivity contribution in [3.8, 4) is 67.7 Å². The molecule has 16 rings (SSSR count). The molecule has 16 aromatic rings. The van der Waals surface area contributed by atoms with E-state index in [-0.39, 0.29) is 11.7 Å². The minimum absolute atomic E-state index is 0.276. The molecule has 0 bridgehead atoms. The van der Waals surface area contributed by atoms with Crippen LogP contribution in [0, 0.1) is 54.3 Å². The molecule has 0 aliphatic carbocycles. The molecule has 16 heteroatoms. The maximum absolute atomic E-state index is 13.1. The lowest BCUT2D eigenvalue weighted by molar-refractivity contribution is -0.659. The Hall–Kier alpha value is -11.7. The highest BCUT2D eigenvalue weighted by Crippen LogP contribution is 2.35. The smallest absolute Gasteiger partial charge is 0.257 e. The lowest BCUT2D eigenvalue weighted by Gasteiger charge is -2.03. The van der Waals surface area contributed by atoms with Gasteiger partial charge in [0.2, 0.25) is 33.8 Å². The van der Waals surface area contributed by atoms with E-state index in [1.54, 1.807) is 26.0 Å². The Labute approximate surface area is 583 Å². The monoisotopic (exact) mass is 1330 g/mol. The fraction of sp³-hybridized carbons (Fsp3) is 0.214. The highest BCUT2D eigenvalue weighted by molar-refractivity contribution is 5.91. The Kier molecular flexibility index (Phi) is 19.5. The van der Waals surface area contributed by atoms with Gasteiger partial charge in [-0.1, -0.05) is 119 Å². The standard InChI is InChI=1S/C20H16FN2O.2C17H19N2O.2C15H15N2O/c1-13-5-3-4-6-16(13)18-19-17(11-12-23(18)2)22-20(24-19)14-7-9-15(21)10-8-14;2*1-11(2)17-18-14-9-10-19(4)15(16(14)20-17)13-8-6-5-7-12(13)3;2*1-10-6-4-5-7-12(10)14-15-13(8-9-17(14)3)16-11(2)18-15/h3-12H,1-2H3;2*5-11H,1-4H3;2*4-9H,1-3H3/q5*+1/i;11D;;;. The lowest BCUT2D eigenvalue weighted by atomic mass is 10.0. The summed E-state index contributed by atoms with van der Waals surface area (Å²) in [7, 11) is 10.1. The number of fused-ring (bicyclic) bond motifs is 5. The van der Waals surface area contributed by atoms with Crippen molar-refractivity contribution < 1.29 is 50.7 Å². The fourth-order valence-corrected chi connectivity index (χ4v) is 12.3. The first-order valence-electron chi connectivity index (χ1n) is 33.9. The van der Waals surface area contributed by atoms with Gasteiger partial charge in [-0.2, -0.15) is 22.8 Å². The van der Waals surface area contributed by atoms with Crippen molar-refractivity contribution in [2.24, 2.45) is 35.2 Å². The number of hydrogen-bond donors (Lipinski definition) is 0. The topological polar surface area (TPSA) is 150 Å². The SMILES string of the molecule is Cc1ccccc1-c1c2oc(-c3ccc(F)cc3)nc2cc[n+]1C.Cc1ccccc1-c1c2oc(C(C)C)nc2cc[n+]1C.Cc1nc2cc[n+](C)c(-c3ccccc3C)c2o1.Cc1nc2cc[n+](C)c(-c3ccccc3C)c2o1.[2H]C(C)(C)c1nc2cc[n+](C)c(-c3ccccc3C)c2o1. The van der Waals surface area contributed by atoms with Crippen LogP contribution in [0.25, 0.3) is 123 Å². The molecule has 0 spiro atoms. The van der Waals surface area contributed by atoms with Crippen molar-refractivity contribution in [2.75, 3.05) is 0 Å². The molecule has 100 heavy (non-hydrogen) atoms. The molecular formula is C84H84FN10O5+5. The molecule has 0 saturated carbocycles. The molecule has 6 aromatic carbocycles. The first kappa shape index (κ1) is 66.9. The highest BCUT2D eigenvalue weighted by Gasteiger charge is 2.27. The number of halogens is 1. The van der Waals surface area contributed by atoms with Crippen LogP contribution in [0.5, 0.6) is 0 Å². The summed E-state index contributed by atoms with van der Waals surface area (Å²) in [6, 6.07) is 57.4. The summed E-state index contributed by atoms with van der Waals surface area (Å²) in [5, 5.41) is 0. The quantitative estimate of drug-likeness (QED) is 0.135. The first-order valence-corrected chi connectivity index (χ1v) is 33.4. The summed E-state index contributed by atoms with van der Waals surface area (Å²) in [6.07, 6.45) is 10.0. The van der Waals surface area contributed by atoms with E-state index in [1.807, 2.05) is 168 Å². The predicted molar refractivity (Wildman–Crippen MR) is 390 cm³/mol. The average Bonchev–Trinajstić information content (AvgIpc) is 1.72. The summed E-state index contributed by atoms with van der Waals surface area (Å²) >= 11 is 0. The molecule has 0 amide bonds. The maximum atomic E-state index is 13.1. The van der Waals surface area contributed by atoms with Crippen molar-refractivity contribution in [3.05, 3.63) is 264 Å². The van der Waals surface area contributed by atoms with Crippen LogP contribution in [0.3, 0.4) is 0 Å². The molecule has 10 heterocycles. The number of oxazole rings is 5. The van der Waals surface area contributed by atoms with Gasteiger partial charge >= 0.3 is 0 Å². The second-order valence-electron chi connectivity index (χ2n) is 25.7. The zero-order valence-corrected chi connectivity index (χ0v) is 59.6. The third-order valence-electron chi connectivity index (χ3n) is 17.6. The van der Waals surface area contributed by atoms with Crippen LogP contribution in [-0.4, -0.2) is 24.9 Å². The molecule has 0 N–H and O–H groups in total. The van der Waals surface area contributed by atoms with Gasteiger partial charge in [-0.3, -0.25) is 0 Å². The zero-order valence-electron chi connectivity index (χ0n) is 60.6. The van der Waals surface area contributed by atoms with E-state index in [0.717, 1.165) is 107 Å². The number of nitrogens with zero attached hydrogens (tertiary/aromatic N) is 10. The van der Waals surface area contributed by atoms with Crippen LogP contribution in [-0.2, 0) is 35.2 Å². The zero-order chi connectivity index (χ0) is 71.6. The summed E-state index contributed by atoms with van der Waals surface area (Å²) in [4.78, 5) is 22.4. The van der Waals surface area contributed by atoms with Gasteiger partial charge in [-0.25, -0.2) is 29.3 Å². The Bertz CT molecular complexity index is 5570. The average molecular weight is 1330 g/mol. The van der Waals surface area contributed by atoms with Crippen molar-refractivity contribution in [1.29, 1.82) is 0 Å². The van der Waals surface area contributed by atoms with Gasteiger partial charge in [-0.05, 0) is 117 Å². The minimum atomic E-state index is -0.847. The number of rotatable bonds is 8. The molecule has 0 saturated heterocycles. The second-order valence-corrected chi connectivity index (χ2v) is 25.7. The molecule has 502 valence electrons. The molecule has 10 aromatic heterocycles. The van der Waals surface area contributed by atoms with E-state index in [2.05, 4.69) is 160 Å². The van der Waals surface area contributed by atoms with Gasteiger partial charge in [-0.15, -0.1) is 0 Å². The van der Waals surface area contributed by atoms with Crippen molar-refractivity contribution in [3.63, 3.8) is 0 Å². The summed E-state index contributed by atoms with van der Waals surface area (Å²) in [5.74, 6) is 2.29. The summed E-state index contributed by atoms with van der Waals surface area (Å²) in [5.41, 5.74) is 26.1. The highest BCUT2D eigenvalue weighted by atomic mass is 19.1. The van der Waals surface area contributed by atoms with E-state index in [4.69, 9.17) is 23.5 Å². The number of benzene rings is 6. The summed E-state index contributed by atoms with van der Waals surface area (Å²) in [6.45, 7) is 22.0. The third-order valence-corrected chi connectivity index (χ3v) is 17.6. The van der Waals surface area contributed by atoms with Crippen LogP contribution in [0.1, 0.15) is 92.3 Å². The maximum Gasteiger partial charge on any atom is 0.257 e. The van der Waals surface area contributed by atoms with Crippen molar-refractivity contribution in [1.82, 2.24) is 24.9 Å². The van der Waals surface area contributed by atoms with E-state index in [1.165, 1.54) is 56.6 Å². The number of hydrogen-bond acceptors (Lipinski definition) is 10. The Balaban J connectivity index is 0.000000120. The largest absolute Gasteiger partial charge is 0.434 e. The fourth-order valence-electron chi connectivity index (χ4n) is 12.3. The Morgan fingerprint density at radius 1 is 0.320 bits per heavy atom. The van der Waals surface area contributed by atoms with Crippen LogP contribution in [0.2, 0.25) is 0 Å². The molecule has 0 radical (unpaired) electrons. The minimum Gasteiger partial charge on any atom is -0.434 e. The van der Waals surface area contributed by atoms with E-state index >= 15 is 0 Å². The van der Waals surface area contributed by atoms with Gasteiger partial charge in [0.05, 0.1) is 27.8 Å². The molecule has 0 unspecified atom stereocenters. The molecular weight excluding hydrogens is 1250 g/mol. The third kappa shape index (κ3) is 14.2. The van der Waals surface area contributed by atoms with Crippen molar-refractivity contribution in [2.45, 2.75) is 88.0 Å². The van der Waals surface area contributed by atoms with Gasteiger partial charge in [0.1, 0.15) is 68.6 Å². The first-order chi connectivity index (χ1) is 48.4. The van der Waals surface area contributed by atoms with Gasteiger partial charge in [0.25, 0.3) is 28.5 Å².